The molecule has 178 valence electrons. The van der Waals surface area contributed by atoms with Crippen LogP contribution in [0.4, 0.5) is 0 Å². The van der Waals surface area contributed by atoms with Crippen molar-refractivity contribution < 1.29 is 24.3 Å². The summed E-state index contributed by atoms with van der Waals surface area (Å²) in [4.78, 5) is 48.8. The smallest absolute Gasteiger partial charge is 0.326 e. The molecule has 1 aromatic rings. The molecule has 0 heterocycles. The van der Waals surface area contributed by atoms with Crippen LogP contribution >= 0.6 is 11.8 Å². The monoisotopic (exact) mass is 466 g/mol. The van der Waals surface area contributed by atoms with Crippen molar-refractivity contribution >= 4 is 35.5 Å². The van der Waals surface area contributed by atoms with Gasteiger partial charge >= 0.3 is 5.97 Å². The van der Waals surface area contributed by atoms with Gasteiger partial charge < -0.3 is 26.8 Å². The van der Waals surface area contributed by atoms with Gasteiger partial charge in [0, 0.05) is 6.42 Å². The summed E-state index contributed by atoms with van der Waals surface area (Å²) in [5.74, 6) is -1.95. The Labute approximate surface area is 193 Å². The van der Waals surface area contributed by atoms with Crippen LogP contribution in [0.25, 0.3) is 0 Å². The van der Waals surface area contributed by atoms with Crippen LogP contribution in [-0.2, 0) is 25.6 Å². The molecule has 1 aromatic carbocycles. The van der Waals surface area contributed by atoms with Gasteiger partial charge in [-0.25, -0.2) is 4.79 Å². The maximum absolute atomic E-state index is 12.8. The lowest BCUT2D eigenvalue weighted by atomic mass is 10.0. The molecule has 3 amide bonds. The molecule has 0 aliphatic carbocycles. The van der Waals surface area contributed by atoms with E-state index in [-0.39, 0.29) is 25.3 Å². The van der Waals surface area contributed by atoms with Gasteiger partial charge in [0.05, 0.1) is 12.6 Å². The molecular weight excluding hydrogens is 432 g/mol. The number of aliphatic carboxylic acids is 1. The number of hydrogen-bond donors (Lipinski definition) is 5. The maximum atomic E-state index is 12.8. The van der Waals surface area contributed by atoms with Gasteiger partial charge in [-0.15, -0.1) is 0 Å². The van der Waals surface area contributed by atoms with Crippen molar-refractivity contribution in [1.82, 2.24) is 16.0 Å². The average Bonchev–Trinajstić information content (AvgIpc) is 2.74. The van der Waals surface area contributed by atoms with Gasteiger partial charge in [0.1, 0.15) is 12.1 Å². The standard InChI is InChI=1S/C22H34N4O5S/c1-14(2)11-16(23)20(28)24-13-19(27)25-18(12-15-7-5-4-6-8-15)21(29)26-17(22(30)31)9-10-32-3/h4-8,14,16-18H,9-13,23H2,1-3H3,(H,24,28)(H,25,27)(H,26,29)(H,30,31). The van der Waals surface area contributed by atoms with Crippen LogP contribution in [0.5, 0.6) is 0 Å². The Morgan fingerprint density at radius 3 is 2.25 bits per heavy atom. The van der Waals surface area contributed by atoms with Gasteiger partial charge in [-0.05, 0) is 36.3 Å². The first kappa shape index (κ1) is 27.4. The summed E-state index contributed by atoms with van der Waals surface area (Å²) in [5, 5.41) is 17.0. The van der Waals surface area contributed by atoms with Crippen molar-refractivity contribution in [2.45, 2.75) is 51.2 Å². The number of benzene rings is 1. The third kappa shape index (κ3) is 10.6. The molecule has 0 aromatic heterocycles. The van der Waals surface area contributed by atoms with Gasteiger partial charge in [0.2, 0.25) is 17.7 Å². The summed E-state index contributed by atoms with van der Waals surface area (Å²) in [6, 6.07) is 6.28. The Morgan fingerprint density at radius 2 is 1.69 bits per heavy atom. The molecule has 0 aliphatic rings. The first-order chi connectivity index (χ1) is 15.1. The van der Waals surface area contributed by atoms with Crippen molar-refractivity contribution in [2.75, 3.05) is 18.6 Å². The molecule has 6 N–H and O–H groups in total. The van der Waals surface area contributed by atoms with Crippen molar-refractivity contribution in [3.8, 4) is 0 Å². The van der Waals surface area contributed by atoms with Crippen LogP contribution in [0.15, 0.2) is 30.3 Å². The second-order valence-corrected chi connectivity index (χ2v) is 8.93. The highest BCUT2D eigenvalue weighted by atomic mass is 32.2. The minimum atomic E-state index is -1.14. The lowest BCUT2D eigenvalue weighted by molar-refractivity contribution is -0.142. The van der Waals surface area contributed by atoms with E-state index in [9.17, 15) is 24.3 Å². The minimum absolute atomic E-state index is 0.175. The van der Waals surface area contributed by atoms with Gasteiger partial charge in [-0.1, -0.05) is 44.2 Å². The second-order valence-electron chi connectivity index (χ2n) is 7.94. The molecule has 3 atom stereocenters. The molecule has 10 heteroatoms. The van der Waals surface area contributed by atoms with E-state index in [1.54, 1.807) is 12.1 Å². The number of nitrogens with two attached hydrogens (primary N) is 1. The van der Waals surface area contributed by atoms with E-state index in [4.69, 9.17) is 5.73 Å². The first-order valence-corrected chi connectivity index (χ1v) is 11.9. The highest BCUT2D eigenvalue weighted by molar-refractivity contribution is 7.98. The number of carbonyl (C=O) groups excluding carboxylic acids is 3. The number of nitrogens with one attached hydrogen (secondary N) is 3. The van der Waals surface area contributed by atoms with Crippen LogP contribution < -0.4 is 21.7 Å². The lowest BCUT2D eigenvalue weighted by Gasteiger charge is -2.22. The van der Waals surface area contributed by atoms with Crippen molar-refractivity contribution in [2.24, 2.45) is 11.7 Å². The summed E-state index contributed by atoms with van der Waals surface area (Å²) in [6.45, 7) is 3.55. The molecule has 0 bridgehead atoms. The van der Waals surface area contributed by atoms with Crippen LogP contribution in [-0.4, -0.2) is 65.5 Å². The van der Waals surface area contributed by atoms with E-state index in [0.29, 0.717) is 12.2 Å². The van der Waals surface area contributed by atoms with E-state index in [1.165, 1.54) is 11.8 Å². The number of amides is 3. The van der Waals surface area contributed by atoms with Gasteiger partial charge in [-0.2, -0.15) is 11.8 Å². The molecule has 0 aliphatic heterocycles. The normalized spacial score (nSPS) is 13.7. The van der Waals surface area contributed by atoms with Crippen molar-refractivity contribution in [3.63, 3.8) is 0 Å². The SMILES string of the molecule is CSCCC(NC(=O)C(Cc1ccccc1)NC(=O)CNC(=O)C(N)CC(C)C)C(=O)O. The molecule has 1 rings (SSSR count). The topological polar surface area (TPSA) is 151 Å². The van der Waals surface area contributed by atoms with Crippen LogP contribution in [0.3, 0.4) is 0 Å². The summed E-state index contributed by atoms with van der Waals surface area (Å²) < 4.78 is 0. The number of carboxylic acids is 1. The Bertz CT molecular complexity index is 760. The molecule has 9 nitrogen and oxygen atoms in total. The van der Waals surface area contributed by atoms with E-state index in [0.717, 1.165) is 5.56 Å². The van der Waals surface area contributed by atoms with Crippen molar-refractivity contribution in [1.29, 1.82) is 0 Å². The van der Waals surface area contributed by atoms with Crippen LogP contribution in [0.1, 0.15) is 32.3 Å². The number of rotatable bonds is 14. The first-order valence-electron chi connectivity index (χ1n) is 10.5. The molecular formula is C22H34N4O5S. The summed E-state index contributed by atoms with van der Waals surface area (Å²) in [7, 11) is 0. The van der Waals surface area contributed by atoms with Crippen molar-refractivity contribution in [3.05, 3.63) is 35.9 Å². The number of thioether (sulfide) groups is 1. The van der Waals surface area contributed by atoms with Gasteiger partial charge in [-0.3, -0.25) is 14.4 Å². The molecule has 0 spiro atoms. The quantitative estimate of drug-likeness (QED) is 0.268. The third-order valence-electron chi connectivity index (χ3n) is 4.64. The van der Waals surface area contributed by atoms with Gasteiger partial charge in [0.25, 0.3) is 0 Å². The Hall–Kier alpha value is -2.59. The van der Waals surface area contributed by atoms with E-state index in [1.807, 2.05) is 38.3 Å². The maximum Gasteiger partial charge on any atom is 0.326 e. The zero-order valence-electron chi connectivity index (χ0n) is 18.8. The predicted octanol–water partition coefficient (Wildman–Crippen LogP) is 0.526. The number of carbonyl (C=O) groups is 4. The molecule has 3 unspecified atom stereocenters. The Morgan fingerprint density at radius 1 is 1.03 bits per heavy atom. The molecule has 0 saturated carbocycles. The van der Waals surface area contributed by atoms with E-state index >= 15 is 0 Å². The fraction of sp³-hybridized carbons (Fsp3) is 0.545. The van der Waals surface area contributed by atoms with Crippen LogP contribution in [0.2, 0.25) is 0 Å². The molecule has 0 saturated heterocycles. The summed E-state index contributed by atoms with van der Waals surface area (Å²) in [5.41, 5.74) is 6.61. The summed E-state index contributed by atoms with van der Waals surface area (Å²) in [6.07, 6.45) is 2.77. The third-order valence-corrected chi connectivity index (χ3v) is 5.29. The minimum Gasteiger partial charge on any atom is -0.480 e. The van der Waals surface area contributed by atoms with E-state index in [2.05, 4.69) is 16.0 Å². The molecule has 32 heavy (non-hydrogen) atoms. The fourth-order valence-electron chi connectivity index (χ4n) is 2.98. The zero-order chi connectivity index (χ0) is 24.1. The highest BCUT2D eigenvalue weighted by Crippen LogP contribution is 2.06. The highest BCUT2D eigenvalue weighted by Gasteiger charge is 2.27. The van der Waals surface area contributed by atoms with E-state index < -0.39 is 41.8 Å². The predicted molar refractivity (Wildman–Crippen MR) is 125 cm³/mol. The largest absolute Gasteiger partial charge is 0.480 e. The lowest BCUT2D eigenvalue weighted by Crippen LogP contribution is -2.54. The van der Waals surface area contributed by atoms with Gasteiger partial charge in [0.15, 0.2) is 0 Å². The fourth-order valence-corrected chi connectivity index (χ4v) is 3.45. The molecule has 0 fully saturated rings. The molecule has 0 radical (unpaired) electrons. The summed E-state index contributed by atoms with van der Waals surface area (Å²) >= 11 is 1.48. The average molecular weight is 467 g/mol. The second kappa shape index (κ2) is 14.5. The Kier molecular flexibility index (Phi) is 12.4. The number of carboxylic acid groups (broad SMARTS) is 1. The number of hydrogen-bond acceptors (Lipinski definition) is 6. The zero-order valence-corrected chi connectivity index (χ0v) is 19.6. The Balaban J connectivity index is 2.80. The van der Waals surface area contributed by atoms with Crippen LogP contribution in [0, 0.1) is 5.92 Å².